The predicted molar refractivity (Wildman–Crippen MR) is 80.4 cm³/mol. The molecular formula is C16H22N2O3. The van der Waals surface area contributed by atoms with E-state index in [4.69, 9.17) is 5.11 Å². The van der Waals surface area contributed by atoms with Gasteiger partial charge in [-0.15, -0.1) is 0 Å². The molecule has 21 heavy (non-hydrogen) atoms. The lowest BCUT2D eigenvalue weighted by Gasteiger charge is -2.11. The Kier molecular flexibility index (Phi) is 5.75. The molecule has 1 saturated carbocycles. The number of amides is 1. The molecule has 0 spiro atoms. The van der Waals surface area contributed by atoms with Crippen molar-refractivity contribution in [2.75, 3.05) is 13.1 Å². The van der Waals surface area contributed by atoms with Gasteiger partial charge in [0.1, 0.15) is 0 Å². The van der Waals surface area contributed by atoms with E-state index in [0.717, 1.165) is 18.4 Å². The fraction of sp³-hybridized carbons (Fsp3) is 0.500. The molecule has 1 aliphatic carbocycles. The number of nitrogens with one attached hydrogen (secondary N) is 2. The number of aromatic carboxylic acids is 1. The lowest BCUT2D eigenvalue weighted by Crippen LogP contribution is -2.38. The Morgan fingerprint density at radius 1 is 1.24 bits per heavy atom. The molecule has 3 N–H and O–H groups in total. The second kappa shape index (κ2) is 7.78. The summed E-state index contributed by atoms with van der Waals surface area (Å²) in [6, 6.07) is 7.29. The largest absolute Gasteiger partial charge is 0.478 e. The van der Waals surface area contributed by atoms with E-state index in [1.165, 1.54) is 12.8 Å². The Morgan fingerprint density at radius 3 is 2.71 bits per heavy atom. The zero-order chi connectivity index (χ0) is 15.1. The Bertz CT molecular complexity index is 496. The van der Waals surface area contributed by atoms with Crippen LogP contribution in [0.15, 0.2) is 24.3 Å². The number of carboxylic acids is 1. The van der Waals surface area contributed by atoms with E-state index in [0.29, 0.717) is 25.6 Å². The number of hydrogen-bond donors (Lipinski definition) is 3. The Labute approximate surface area is 124 Å². The summed E-state index contributed by atoms with van der Waals surface area (Å²) in [7, 11) is 0. The first kappa shape index (κ1) is 15.5. The third-order valence-corrected chi connectivity index (χ3v) is 3.82. The van der Waals surface area contributed by atoms with E-state index < -0.39 is 5.97 Å². The van der Waals surface area contributed by atoms with E-state index in [9.17, 15) is 9.59 Å². The minimum atomic E-state index is -0.929. The van der Waals surface area contributed by atoms with Crippen LogP contribution in [0.4, 0.5) is 0 Å². The van der Waals surface area contributed by atoms with Crippen molar-refractivity contribution in [3.05, 3.63) is 35.4 Å². The highest BCUT2D eigenvalue weighted by molar-refractivity contribution is 5.87. The molecule has 1 aromatic carbocycles. The number of carboxylic acid groups (broad SMARTS) is 1. The molecule has 1 fully saturated rings. The van der Waals surface area contributed by atoms with Crippen molar-refractivity contribution >= 4 is 11.9 Å². The van der Waals surface area contributed by atoms with Crippen LogP contribution < -0.4 is 10.6 Å². The van der Waals surface area contributed by atoms with Gasteiger partial charge >= 0.3 is 5.97 Å². The number of rotatable bonds is 7. The zero-order valence-electron chi connectivity index (χ0n) is 12.1. The normalized spacial score (nSPS) is 15.0. The average molecular weight is 290 g/mol. The molecule has 1 aromatic rings. The second-order valence-corrected chi connectivity index (χ2v) is 5.47. The molecule has 0 bridgehead atoms. The van der Waals surface area contributed by atoms with E-state index in [-0.39, 0.29) is 11.5 Å². The molecule has 0 atom stereocenters. The fourth-order valence-electron chi connectivity index (χ4n) is 2.64. The van der Waals surface area contributed by atoms with Gasteiger partial charge in [-0.25, -0.2) is 4.79 Å². The van der Waals surface area contributed by atoms with Crippen LogP contribution in [0.2, 0.25) is 0 Å². The Balaban J connectivity index is 1.67. The van der Waals surface area contributed by atoms with E-state index in [1.54, 1.807) is 18.2 Å². The van der Waals surface area contributed by atoms with Crippen molar-refractivity contribution in [3.8, 4) is 0 Å². The molecular weight excluding hydrogens is 268 g/mol. The van der Waals surface area contributed by atoms with E-state index in [2.05, 4.69) is 10.6 Å². The first-order valence-corrected chi connectivity index (χ1v) is 7.47. The van der Waals surface area contributed by atoms with Crippen LogP contribution >= 0.6 is 0 Å². The van der Waals surface area contributed by atoms with Crippen LogP contribution in [0.5, 0.6) is 0 Å². The molecule has 1 amide bonds. The molecule has 5 nitrogen and oxygen atoms in total. The molecule has 5 heteroatoms. The third kappa shape index (κ3) is 5.19. The molecule has 0 radical (unpaired) electrons. The van der Waals surface area contributed by atoms with Crippen molar-refractivity contribution in [3.63, 3.8) is 0 Å². The molecule has 114 valence electrons. The summed E-state index contributed by atoms with van der Waals surface area (Å²) in [5.41, 5.74) is 1.20. The predicted octanol–water partition coefficient (Wildman–Crippen LogP) is 1.58. The zero-order valence-corrected chi connectivity index (χ0v) is 12.1. The van der Waals surface area contributed by atoms with Gasteiger partial charge in [0.05, 0.1) is 12.1 Å². The first-order valence-electron chi connectivity index (χ1n) is 7.47. The maximum absolute atomic E-state index is 11.7. The summed E-state index contributed by atoms with van der Waals surface area (Å²) >= 11 is 0. The van der Waals surface area contributed by atoms with Crippen molar-refractivity contribution in [2.45, 2.75) is 38.1 Å². The molecule has 1 aliphatic rings. The number of hydrogen-bond acceptors (Lipinski definition) is 3. The SMILES string of the molecule is O=C(CNC1CCCC1)NCCc1cccc(C(=O)O)c1. The quantitative estimate of drug-likeness (QED) is 0.712. The van der Waals surface area contributed by atoms with Gasteiger partial charge in [-0.05, 0) is 37.0 Å². The van der Waals surface area contributed by atoms with Gasteiger partial charge in [-0.2, -0.15) is 0 Å². The monoisotopic (exact) mass is 290 g/mol. The summed E-state index contributed by atoms with van der Waals surface area (Å²) in [4.78, 5) is 22.6. The van der Waals surface area contributed by atoms with Crippen molar-refractivity contribution in [1.82, 2.24) is 10.6 Å². The van der Waals surface area contributed by atoms with Gasteiger partial charge in [-0.3, -0.25) is 4.79 Å². The van der Waals surface area contributed by atoms with Gasteiger partial charge in [0.15, 0.2) is 0 Å². The smallest absolute Gasteiger partial charge is 0.335 e. The van der Waals surface area contributed by atoms with E-state index >= 15 is 0 Å². The number of carbonyl (C=O) groups excluding carboxylic acids is 1. The first-order chi connectivity index (χ1) is 10.1. The summed E-state index contributed by atoms with van der Waals surface area (Å²) in [6.45, 7) is 0.883. The van der Waals surface area contributed by atoms with E-state index in [1.807, 2.05) is 6.07 Å². The van der Waals surface area contributed by atoms with Crippen LogP contribution in [0.1, 0.15) is 41.6 Å². The summed E-state index contributed by atoms with van der Waals surface area (Å²) in [5, 5.41) is 15.0. The number of benzene rings is 1. The van der Waals surface area contributed by atoms with Crippen LogP contribution in [0, 0.1) is 0 Å². The Hall–Kier alpha value is -1.88. The highest BCUT2D eigenvalue weighted by Crippen LogP contribution is 2.17. The van der Waals surface area contributed by atoms with Crippen LogP contribution in [-0.4, -0.2) is 36.1 Å². The fourth-order valence-corrected chi connectivity index (χ4v) is 2.64. The van der Waals surface area contributed by atoms with Gasteiger partial charge in [0.25, 0.3) is 0 Å². The van der Waals surface area contributed by atoms with Crippen LogP contribution in [0.25, 0.3) is 0 Å². The minimum Gasteiger partial charge on any atom is -0.478 e. The summed E-state index contributed by atoms with van der Waals surface area (Å²) < 4.78 is 0. The molecule has 0 saturated heterocycles. The van der Waals surface area contributed by atoms with Gasteiger partial charge in [-0.1, -0.05) is 25.0 Å². The van der Waals surface area contributed by atoms with Crippen molar-refractivity contribution < 1.29 is 14.7 Å². The van der Waals surface area contributed by atoms with Gasteiger partial charge in [0.2, 0.25) is 5.91 Å². The third-order valence-electron chi connectivity index (χ3n) is 3.82. The summed E-state index contributed by atoms with van der Waals surface area (Å²) in [6.07, 6.45) is 5.46. The maximum atomic E-state index is 11.7. The minimum absolute atomic E-state index is 0.00344. The van der Waals surface area contributed by atoms with Crippen molar-refractivity contribution in [2.24, 2.45) is 0 Å². The lowest BCUT2D eigenvalue weighted by atomic mass is 10.1. The van der Waals surface area contributed by atoms with Crippen molar-refractivity contribution in [1.29, 1.82) is 0 Å². The topological polar surface area (TPSA) is 78.4 Å². The lowest BCUT2D eigenvalue weighted by molar-refractivity contribution is -0.120. The maximum Gasteiger partial charge on any atom is 0.335 e. The highest BCUT2D eigenvalue weighted by atomic mass is 16.4. The number of carbonyl (C=O) groups is 2. The molecule has 0 heterocycles. The summed E-state index contributed by atoms with van der Waals surface area (Å²) in [5.74, 6) is -0.932. The Morgan fingerprint density at radius 2 is 2.00 bits per heavy atom. The van der Waals surface area contributed by atoms with Gasteiger partial charge < -0.3 is 15.7 Å². The standard InChI is InChI=1S/C16H22N2O3/c19-15(11-18-14-6-1-2-7-14)17-9-8-12-4-3-5-13(10-12)16(20)21/h3-5,10,14,18H,1-2,6-9,11H2,(H,17,19)(H,20,21). The van der Waals surface area contributed by atoms with Crippen LogP contribution in [-0.2, 0) is 11.2 Å². The highest BCUT2D eigenvalue weighted by Gasteiger charge is 2.14. The van der Waals surface area contributed by atoms with Gasteiger partial charge in [0, 0.05) is 12.6 Å². The molecule has 2 rings (SSSR count). The van der Waals surface area contributed by atoms with Crippen LogP contribution in [0.3, 0.4) is 0 Å². The molecule has 0 aromatic heterocycles. The second-order valence-electron chi connectivity index (χ2n) is 5.47. The molecule has 0 aliphatic heterocycles. The average Bonchev–Trinajstić information content (AvgIpc) is 2.99. The molecule has 0 unspecified atom stereocenters.